The SMILES string of the molecule is CC.OCCc1cc(Br)ccn1. The van der Waals surface area contributed by atoms with Gasteiger partial charge in [0.1, 0.15) is 0 Å². The molecule has 0 amide bonds. The van der Waals surface area contributed by atoms with Crippen molar-refractivity contribution in [2.75, 3.05) is 6.61 Å². The maximum Gasteiger partial charge on any atom is 0.0486 e. The largest absolute Gasteiger partial charge is 0.396 e. The Morgan fingerprint density at radius 2 is 2.17 bits per heavy atom. The third kappa shape index (κ3) is 4.46. The number of hydrogen-bond acceptors (Lipinski definition) is 2. The van der Waals surface area contributed by atoms with Crippen LogP contribution in [-0.2, 0) is 6.42 Å². The molecular weight excluding hydrogens is 218 g/mol. The molecule has 0 atom stereocenters. The maximum atomic E-state index is 8.56. The number of halogens is 1. The van der Waals surface area contributed by atoms with E-state index < -0.39 is 0 Å². The monoisotopic (exact) mass is 231 g/mol. The highest BCUT2D eigenvalue weighted by molar-refractivity contribution is 9.10. The lowest BCUT2D eigenvalue weighted by atomic mass is 10.3. The van der Waals surface area contributed by atoms with Crippen LogP contribution in [0.25, 0.3) is 0 Å². The summed E-state index contributed by atoms with van der Waals surface area (Å²) in [7, 11) is 0. The van der Waals surface area contributed by atoms with E-state index in [9.17, 15) is 0 Å². The van der Waals surface area contributed by atoms with Crippen molar-refractivity contribution in [2.24, 2.45) is 0 Å². The molecule has 0 saturated heterocycles. The number of nitrogens with zero attached hydrogens (tertiary/aromatic N) is 1. The Bertz CT molecular complexity index is 215. The Labute approximate surface area is 81.8 Å². The van der Waals surface area contributed by atoms with Gasteiger partial charge in [0.15, 0.2) is 0 Å². The minimum atomic E-state index is 0.156. The lowest BCUT2D eigenvalue weighted by Crippen LogP contribution is -1.92. The molecule has 0 aliphatic carbocycles. The van der Waals surface area contributed by atoms with Crippen LogP contribution < -0.4 is 0 Å². The van der Waals surface area contributed by atoms with Gasteiger partial charge in [-0.25, -0.2) is 0 Å². The van der Waals surface area contributed by atoms with E-state index in [0.717, 1.165) is 10.2 Å². The van der Waals surface area contributed by atoms with Crippen LogP contribution in [0.2, 0.25) is 0 Å². The van der Waals surface area contributed by atoms with Crippen molar-refractivity contribution in [3.8, 4) is 0 Å². The predicted molar refractivity (Wildman–Crippen MR) is 54.1 cm³/mol. The number of aliphatic hydroxyl groups is 1. The number of hydrogen-bond donors (Lipinski definition) is 1. The summed E-state index contributed by atoms with van der Waals surface area (Å²) >= 11 is 3.31. The zero-order chi connectivity index (χ0) is 9.40. The van der Waals surface area contributed by atoms with E-state index in [4.69, 9.17) is 5.11 Å². The fourth-order valence-electron chi connectivity index (χ4n) is 0.700. The van der Waals surface area contributed by atoms with Gasteiger partial charge in [0.05, 0.1) is 0 Å². The second-order valence-corrected chi connectivity index (χ2v) is 2.85. The van der Waals surface area contributed by atoms with Gasteiger partial charge in [-0.3, -0.25) is 4.98 Å². The molecule has 0 aromatic carbocycles. The average molecular weight is 232 g/mol. The van der Waals surface area contributed by atoms with Crippen molar-refractivity contribution in [2.45, 2.75) is 20.3 Å². The molecule has 68 valence electrons. The molecule has 0 bridgehead atoms. The van der Waals surface area contributed by atoms with E-state index in [2.05, 4.69) is 20.9 Å². The van der Waals surface area contributed by atoms with Gasteiger partial charge in [0.25, 0.3) is 0 Å². The molecule has 0 aliphatic rings. The summed E-state index contributed by atoms with van der Waals surface area (Å²) in [5, 5.41) is 8.56. The fraction of sp³-hybridized carbons (Fsp3) is 0.444. The summed E-state index contributed by atoms with van der Waals surface area (Å²) in [6.45, 7) is 4.16. The van der Waals surface area contributed by atoms with Crippen LogP contribution in [0.5, 0.6) is 0 Å². The Morgan fingerprint density at radius 1 is 1.50 bits per heavy atom. The summed E-state index contributed by atoms with van der Waals surface area (Å²) < 4.78 is 1.01. The predicted octanol–water partition coefficient (Wildman–Crippen LogP) is 2.41. The van der Waals surface area contributed by atoms with Crippen molar-refractivity contribution < 1.29 is 5.11 Å². The van der Waals surface area contributed by atoms with Gasteiger partial charge >= 0.3 is 0 Å². The number of pyridine rings is 1. The first-order valence-corrected chi connectivity index (χ1v) is 4.83. The van der Waals surface area contributed by atoms with E-state index in [0.29, 0.717) is 6.42 Å². The van der Waals surface area contributed by atoms with Gasteiger partial charge in [0.2, 0.25) is 0 Å². The van der Waals surface area contributed by atoms with Crippen molar-refractivity contribution in [1.82, 2.24) is 4.98 Å². The average Bonchev–Trinajstić information content (AvgIpc) is 2.09. The summed E-state index contributed by atoms with van der Waals surface area (Å²) in [5.74, 6) is 0. The van der Waals surface area contributed by atoms with Crippen molar-refractivity contribution >= 4 is 15.9 Å². The van der Waals surface area contributed by atoms with Gasteiger partial charge in [-0.05, 0) is 12.1 Å². The van der Waals surface area contributed by atoms with Crippen molar-refractivity contribution in [1.29, 1.82) is 0 Å². The highest BCUT2D eigenvalue weighted by Gasteiger charge is 1.92. The Balaban J connectivity index is 0.000000561. The minimum absolute atomic E-state index is 0.156. The van der Waals surface area contributed by atoms with E-state index in [1.54, 1.807) is 6.20 Å². The van der Waals surface area contributed by atoms with E-state index in [-0.39, 0.29) is 6.61 Å². The van der Waals surface area contributed by atoms with Gasteiger partial charge in [-0.1, -0.05) is 29.8 Å². The molecule has 1 N–H and O–H groups in total. The summed E-state index contributed by atoms with van der Waals surface area (Å²) in [6.07, 6.45) is 2.34. The lowest BCUT2D eigenvalue weighted by molar-refractivity contribution is 0.298. The molecule has 0 aliphatic heterocycles. The first-order valence-electron chi connectivity index (χ1n) is 4.04. The zero-order valence-corrected chi connectivity index (χ0v) is 9.00. The molecule has 0 spiro atoms. The van der Waals surface area contributed by atoms with Crippen LogP contribution in [0.1, 0.15) is 19.5 Å². The number of rotatable bonds is 2. The molecule has 0 radical (unpaired) electrons. The Kier molecular flexibility index (Phi) is 7.00. The third-order valence-electron chi connectivity index (χ3n) is 1.15. The summed E-state index contributed by atoms with van der Waals surface area (Å²) in [5.41, 5.74) is 0.914. The van der Waals surface area contributed by atoms with Crippen LogP contribution in [0, 0.1) is 0 Å². The van der Waals surface area contributed by atoms with Gasteiger partial charge in [-0.2, -0.15) is 0 Å². The maximum absolute atomic E-state index is 8.56. The molecular formula is C9H14BrNO. The molecule has 2 nitrogen and oxygen atoms in total. The lowest BCUT2D eigenvalue weighted by Gasteiger charge is -1.95. The minimum Gasteiger partial charge on any atom is -0.396 e. The van der Waals surface area contributed by atoms with Gasteiger partial charge < -0.3 is 5.11 Å². The smallest absolute Gasteiger partial charge is 0.0486 e. The molecule has 0 saturated carbocycles. The Hall–Kier alpha value is -0.410. The zero-order valence-electron chi connectivity index (χ0n) is 7.42. The molecule has 1 aromatic rings. The molecule has 0 fully saturated rings. The summed E-state index contributed by atoms with van der Waals surface area (Å²) in [6, 6.07) is 3.76. The molecule has 3 heteroatoms. The first kappa shape index (κ1) is 11.6. The fourth-order valence-corrected chi connectivity index (χ4v) is 1.08. The topological polar surface area (TPSA) is 33.1 Å². The van der Waals surface area contributed by atoms with E-state index in [1.165, 1.54) is 0 Å². The quantitative estimate of drug-likeness (QED) is 0.849. The standard InChI is InChI=1S/C7H8BrNO.C2H6/c8-6-1-3-9-7(5-6)2-4-10;1-2/h1,3,5,10H,2,4H2;1-2H3. The summed E-state index contributed by atoms with van der Waals surface area (Å²) in [4.78, 5) is 4.04. The van der Waals surface area contributed by atoms with Crippen LogP contribution in [0.15, 0.2) is 22.8 Å². The number of aliphatic hydroxyl groups excluding tert-OH is 1. The van der Waals surface area contributed by atoms with Gasteiger partial charge in [0, 0.05) is 29.4 Å². The normalized spacial score (nSPS) is 8.67. The van der Waals surface area contributed by atoms with Crippen LogP contribution in [0.3, 0.4) is 0 Å². The molecule has 1 heterocycles. The Morgan fingerprint density at radius 3 is 2.67 bits per heavy atom. The molecule has 12 heavy (non-hydrogen) atoms. The van der Waals surface area contributed by atoms with Gasteiger partial charge in [-0.15, -0.1) is 0 Å². The second kappa shape index (κ2) is 7.25. The van der Waals surface area contributed by atoms with E-state index in [1.807, 2.05) is 26.0 Å². The first-order chi connectivity index (χ1) is 5.83. The third-order valence-corrected chi connectivity index (χ3v) is 1.64. The molecule has 0 unspecified atom stereocenters. The van der Waals surface area contributed by atoms with Crippen LogP contribution in [-0.4, -0.2) is 16.7 Å². The molecule has 1 rings (SSSR count). The van der Waals surface area contributed by atoms with Crippen molar-refractivity contribution in [3.63, 3.8) is 0 Å². The van der Waals surface area contributed by atoms with Crippen LogP contribution in [0.4, 0.5) is 0 Å². The number of aromatic nitrogens is 1. The highest BCUT2D eigenvalue weighted by Crippen LogP contribution is 2.08. The van der Waals surface area contributed by atoms with Crippen molar-refractivity contribution in [3.05, 3.63) is 28.5 Å². The van der Waals surface area contributed by atoms with E-state index >= 15 is 0 Å². The van der Waals surface area contributed by atoms with Crippen LogP contribution >= 0.6 is 15.9 Å². The second-order valence-electron chi connectivity index (χ2n) is 1.94. The molecule has 1 aromatic heterocycles. The highest BCUT2D eigenvalue weighted by atomic mass is 79.9.